The van der Waals surface area contributed by atoms with Crippen LogP contribution in [0, 0.1) is 5.82 Å². The molecule has 0 aromatic heterocycles. The third kappa shape index (κ3) is 2.39. The lowest BCUT2D eigenvalue weighted by atomic mass is 10.1. The Bertz CT molecular complexity index is 969. The molecular weight excluding hydrogens is 359 g/mol. The molecule has 0 atom stereocenters. The molecule has 0 spiro atoms. The Morgan fingerprint density at radius 3 is 2.40 bits per heavy atom. The zero-order chi connectivity index (χ0) is 17.7. The summed E-state index contributed by atoms with van der Waals surface area (Å²) >= 11 is 6.42. The summed E-state index contributed by atoms with van der Waals surface area (Å²) in [6, 6.07) is 12.8. The number of thiocarbonyl (C=S) groups is 1. The minimum atomic E-state index is -0.394. The molecule has 0 saturated carbocycles. The van der Waals surface area contributed by atoms with Gasteiger partial charge in [0, 0.05) is 12.6 Å². The Kier molecular flexibility index (Phi) is 3.70. The first-order valence-electron chi connectivity index (χ1n) is 7.42. The number of carbonyl (C=O) groups excluding carboxylic acids is 2. The van der Waals surface area contributed by atoms with E-state index < -0.39 is 5.82 Å². The fourth-order valence-electron chi connectivity index (χ4n) is 2.92. The van der Waals surface area contributed by atoms with Crippen molar-refractivity contribution in [3.63, 3.8) is 0 Å². The van der Waals surface area contributed by atoms with Gasteiger partial charge in [0.15, 0.2) is 4.32 Å². The molecule has 2 aliphatic heterocycles. The summed E-state index contributed by atoms with van der Waals surface area (Å²) in [7, 11) is 1.68. The average molecular weight is 370 g/mol. The van der Waals surface area contributed by atoms with E-state index in [4.69, 9.17) is 12.2 Å². The average Bonchev–Trinajstić information content (AvgIpc) is 3.03. The van der Waals surface area contributed by atoms with E-state index in [1.54, 1.807) is 7.05 Å². The van der Waals surface area contributed by atoms with Crippen molar-refractivity contribution >= 4 is 57.1 Å². The van der Waals surface area contributed by atoms with Gasteiger partial charge in [-0.3, -0.25) is 14.5 Å². The number of para-hydroxylation sites is 1. The van der Waals surface area contributed by atoms with Gasteiger partial charge in [-0.25, -0.2) is 4.39 Å². The van der Waals surface area contributed by atoms with Gasteiger partial charge in [-0.2, -0.15) is 0 Å². The van der Waals surface area contributed by atoms with Crippen LogP contribution in [0.3, 0.4) is 0 Å². The number of nitrogens with zero attached hydrogens (tertiary/aromatic N) is 2. The maximum Gasteiger partial charge on any atom is 0.271 e. The molecule has 2 aromatic carbocycles. The molecule has 1 fully saturated rings. The summed E-state index contributed by atoms with van der Waals surface area (Å²) < 4.78 is 13.5. The molecule has 2 amide bonds. The standard InChI is InChI=1S/C18H11FN2O2S2/c1-20-13-5-3-2-4-12(13)14(16(20)22)15-17(23)21(18(24)25-15)11-8-6-10(19)7-9-11/h2-9H,1H3. The zero-order valence-corrected chi connectivity index (χ0v) is 14.7. The number of benzene rings is 2. The molecule has 2 aliphatic rings. The molecule has 4 rings (SSSR count). The predicted octanol–water partition coefficient (Wildman–Crippen LogP) is 3.58. The summed E-state index contributed by atoms with van der Waals surface area (Å²) in [5, 5.41) is 0. The molecule has 2 aromatic rings. The van der Waals surface area contributed by atoms with E-state index in [0.29, 0.717) is 20.5 Å². The first kappa shape index (κ1) is 16.0. The van der Waals surface area contributed by atoms with Crippen LogP contribution in [0.15, 0.2) is 53.4 Å². The number of amides is 2. The normalized spacial score (nSPS) is 19.8. The molecular formula is C18H11FN2O2S2. The van der Waals surface area contributed by atoms with Gasteiger partial charge in [0.25, 0.3) is 11.8 Å². The van der Waals surface area contributed by atoms with Gasteiger partial charge in [-0.1, -0.05) is 42.2 Å². The Hall–Kier alpha value is -2.51. The Balaban J connectivity index is 1.84. The molecule has 7 heteroatoms. The fourth-order valence-corrected chi connectivity index (χ4v) is 4.29. The Morgan fingerprint density at radius 2 is 1.68 bits per heavy atom. The summed E-state index contributed by atoms with van der Waals surface area (Å²) in [6.07, 6.45) is 0. The van der Waals surface area contributed by atoms with Crippen LogP contribution < -0.4 is 9.80 Å². The molecule has 25 heavy (non-hydrogen) atoms. The van der Waals surface area contributed by atoms with Crippen molar-refractivity contribution in [3.8, 4) is 0 Å². The quantitative estimate of drug-likeness (QED) is 0.568. The van der Waals surface area contributed by atoms with Crippen molar-refractivity contribution in [1.82, 2.24) is 0 Å². The van der Waals surface area contributed by atoms with Gasteiger partial charge in [0.1, 0.15) is 5.82 Å². The van der Waals surface area contributed by atoms with E-state index in [1.807, 2.05) is 24.3 Å². The molecule has 4 nitrogen and oxygen atoms in total. The van der Waals surface area contributed by atoms with Crippen LogP contribution in [0.5, 0.6) is 0 Å². The zero-order valence-electron chi connectivity index (χ0n) is 13.0. The van der Waals surface area contributed by atoms with Crippen LogP contribution >= 0.6 is 24.0 Å². The van der Waals surface area contributed by atoms with Crippen LogP contribution in [-0.2, 0) is 9.59 Å². The number of hydrogen-bond acceptors (Lipinski definition) is 4. The van der Waals surface area contributed by atoms with E-state index in [1.165, 1.54) is 34.1 Å². The van der Waals surface area contributed by atoms with E-state index in [2.05, 4.69) is 0 Å². The first-order valence-corrected chi connectivity index (χ1v) is 8.65. The predicted molar refractivity (Wildman–Crippen MR) is 101 cm³/mol. The number of halogens is 1. The monoisotopic (exact) mass is 370 g/mol. The lowest BCUT2D eigenvalue weighted by Crippen LogP contribution is -2.28. The second-order valence-electron chi connectivity index (χ2n) is 5.57. The molecule has 0 N–H and O–H groups in total. The number of likely N-dealkylation sites (N-methyl/N-ethyl adjacent to an activating group) is 1. The van der Waals surface area contributed by atoms with Crippen molar-refractivity contribution in [2.24, 2.45) is 0 Å². The van der Waals surface area contributed by atoms with Crippen molar-refractivity contribution in [1.29, 1.82) is 0 Å². The summed E-state index contributed by atoms with van der Waals surface area (Å²) in [5.41, 5.74) is 2.32. The fraction of sp³-hybridized carbons (Fsp3) is 0.0556. The summed E-state index contributed by atoms with van der Waals surface area (Å²) in [6.45, 7) is 0. The van der Waals surface area contributed by atoms with Crippen LogP contribution in [0.1, 0.15) is 5.56 Å². The number of hydrogen-bond donors (Lipinski definition) is 0. The van der Waals surface area contributed by atoms with Gasteiger partial charge in [-0.15, -0.1) is 0 Å². The third-order valence-corrected chi connectivity index (χ3v) is 5.51. The number of thioether (sulfide) groups is 1. The maximum atomic E-state index is 13.1. The first-order chi connectivity index (χ1) is 12.0. The SMILES string of the molecule is CN1C(=O)C(=C2SC(=S)N(c3ccc(F)cc3)C2=O)c2ccccc21. The summed E-state index contributed by atoms with van der Waals surface area (Å²) in [4.78, 5) is 28.8. The second kappa shape index (κ2) is 5.79. The lowest BCUT2D eigenvalue weighted by Gasteiger charge is -2.14. The number of fused-ring (bicyclic) bond motifs is 1. The second-order valence-corrected chi connectivity index (χ2v) is 7.21. The van der Waals surface area contributed by atoms with E-state index in [0.717, 1.165) is 23.0 Å². The maximum absolute atomic E-state index is 13.1. The van der Waals surface area contributed by atoms with Gasteiger partial charge < -0.3 is 4.90 Å². The number of rotatable bonds is 1. The van der Waals surface area contributed by atoms with Crippen LogP contribution in [0.2, 0.25) is 0 Å². The molecule has 1 saturated heterocycles. The highest BCUT2D eigenvalue weighted by molar-refractivity contribution is 8.27. The van der Waals surface area contributed by atoms with E-state index in [-0.39, 0.29) is 11.8 Å². The highest BCUT2D eigenvalue weighted by atomic mass is 32.2. The van der Waals surface area contributed by atoms with Gasteiger partial charge in [0.05, 0.1) is 21.9 Å². The molecule has 2 heterocycles. The van der Waals surface area contributed by atoms with Gasteiger partial charge >= 0.3 is 0 Å². The molecule has 0 radical (unpaired) electrons. The molecule has 0 aliphatic carbocycles. The van der Waals surface area contributed by atoms with Crippen LogP contribution in [-0.4, -0.2) is 23.2 Å². The minimum absolute atomic E-state index is 0.235. The highest BCUT2D eigenvalue weighted by Gasteiger charge is 2.41. The summed E-state index contributed by atoms with van der Waals surface area (Å²) in [5.74, 6) is -0.995. The van der Waals surface area contributed by atoms with Crippen molar-refractivity contribution in [3.05, 3.63) is 64.8 Å². The lowest BCUT2D eigenvalue weighted by molar-refractivity contribution is -0.115. The smallest absolute Gasteiger partial charge is 0.271 e. The molecule has 124 valence electrons. The minimum Gasteiger partial charge on any atom is -0.311 e. The third-order valence-electron chi connectivity index (χ3n) is 4.13. The van der Waals surface area contributed by atoms with Gasteiger partial charge in [0.2, 0.25) is 0 Å². The molecule has 0 unspecified atom stereocenters. The van der Waals surface area contributed by atoms with Gasteiger partial charge in [-0.05, 0) is 30.3 Å². The van der Waals surface area contributed by atoms with Crippen molar-refractivity contribution < 1.29 is 14.0 Å². The Labute approximate surface area is 152 Å². The van der Waals surface area contributed by atoms with Crippen LogP contribution in [0.25, 0.3) is 5.57 Å². The Morgan fingerprint density at radius 1 is 1.00 bits per heavy atom. The molecule has 0 bridgehead atoms. The van der Waals surface area contributed by atoms with E-state index >= 15 is 0 Å². The van der Waals surface area contributed by atoms with Crippen molar-refractivity contribution in [2.45, 2.75) is 0 Å². The van der Waals surface area contributed by atoms with Crippen molar-refractivity contribution in [2.75, 3.05) is 16.8 Å². The number of carbonyl (C=O) groups is 2. The highest BCUT2D eigenvalue weighted by Crippen LogP contribution is 2.44. The largest absolute Gasteiger partial charge is 0.311 e. The van der Waals surface area contributed by atoms with Crippen LogP contribution in [0.4, 0.5) is 15.8 Å². The number of anilines is 2. The van der Waals surface area contributed by atoms with E-state index in [9.17, 15) is 14.0 Å². The topological polar surface area (TPSA) is 40.6 Å².